The predicted molar refractivity (Wildman–Crippen MR) is 64.1 cm³/mol. The molecule has 6 heteroatoms. The SMILES string of the molecule is CC(C)c1nnc([C@@H]2CC[C@@H](C(=O)O)CN2C)o1. The number of hydrogen-bond acceptors (Lipinski definition) is 5. The van der Waals surface area contributed by atoms with Crippen LogP contribution in [0.5, 0.6) is 0 Å². The van der Waals surface area contributed by atoms with Crippen molar-refractivity contribution in [2.45, 2.75) is 38.6 Å². The van der Waals surface area contributed by atoms with Crippen molar-refractivity contribution in [1.29, 1.82) is 0 Å². The molecule has 6 nitrogen and oxygen atoms in total. The van der Waals surface area contributed by atoms with Crippen LogP contribution in [-0.2, 0) is 4.79 Å². The molecule has 2 rings (SSSR count). The van der Waals surface area contributed by atoms with Gasteiger partial charge in [0.15, 0.2) is 0 Å². The highest BCUT2D eigenvalue weighted by atomic mass is 16.4. The fourth-order valence-corrected chi connectivity index (χ4v) is 2.27. The van der Waals surface area contributed by atoms with Crippen LogP contribution in [0.3, 0.4) is 0 Å². The van der Waals surface area contributed by atoms with Gasteiger partial charge in [-0.25, -0.2) is 0 Å². The van der Waals surface area contributed by atoms with Crippen molar-refractivity contribution in [3.8, 4) is 0 Å². The average Bonchev–Trinajstić information content (AvgIpc) is 2.78. The fourth-order valence-electron chi connectivity index (χ4n) is 2.27. The highest BCUT2D eigenvalue weighted by Gasteiger charge is 2.33. The molecule has 1 N–H and O–H groups in total. The van der Waals surface area contributed by atoms with Crippen molar-refractivity contribution >= 4 is 5.97 Å². The van der Waals surface area contributed by atoms with Crippen LogP contribution < -0.4 is 0 Å². The van der Waals surface area contributed by atoms with Gasteiger partial charge in [-0.1, -0.05) is 13.8 Å². The third-order valence-corrected chi connectivity index (χ3v) is 3.41. The number of carboxylic acids is 1. The van der Waals surface area contributed by atoms with Crippen molar-refractivity contribution in [2.75, 3.05) is 13.6 Å². The van der Waals surface area contributed by atoms with E-state index in [2.05, 4.69) is 10.2 Å². The summed E-state index contributed by atoms with van der Waals surface area (Å²) in [6, 6.07) is 0.0422. The van der Waals surface area contributed by atoms with E-state index in [-0.39, 0.29) is 17.9 Å². The van der Waals surface area contributed by atoms with Gasteiger partial charge in [0.1, 0.15) is 0 Å². The lowest BCUT2D eigenvalue weighted by molar-refractivity contribution is -0.144. The number of carbonyl (C=O) groups is 1. The first kappa shape index (κ1) is 13.0. The Kier molecular flexibility index (Phi) is 3.65. The molecule has 0 bridgehead atoms. The van der Waals surface area contributed by atoms with Crippen molar-refractivity contribution in [2.24, 2.45) is 5.92 Å². The minimum atomic E-state index is -0.728. The van der Waals surface area contributed by atoms with Gasteiger partial charge >= 0.3 is 5.97 Å². The summed E-state index contributed by atoms with van der Waals surface area (Å²) in [6.07, 6.45) is 1.40. The molecule has 1 fully saturated rings. The van der Waals surface area contributed by atoms with E-state index in [4.69, 9.17) is 9.52 Å². The highest BCUT2D eigenvalue weighted by molar-refractivity contribution is 5.70. The zero-order valence-corrected chi connectivity index (χ0v) is 11.0. The Morgan fingerprint density at radius 2 is 2.17 bits per heavy atom. The Labute approximate surface area is 106 Å². The van der Waals surface area contributed by atoms with Crippen LogP contribution in [0.15, 0.2) is 4.42 Å². The number of aromatic nitrogens is 2. The van der Waals surface area contributed by atoms with Crippen LogP contribution in [0.25, 0.3) is 0 Å². The lowest BCUT2D eigenvalue weighted by Gasteiger charge is -2.33. The first-order valence-electron chi connectivity index (χ1n) is 6.25. The average molecular weight is 253 g/mol. The van der Waals surface area contributed by atoms with Gasteiger partial charge in [-0.2, -0.15) is 0 Å². The Morgan fingerprint density at radius 1 is 1.44 bits per heavy atom. The third kappa shape index (κ3) is 2.53. The van der Waals surface area contributed by atoms with Gasteiger partial charge in [-0.3, -0.25) is 9.69 Å². The smallest absolute Gasteiger partial charge is 0.307 e. The van der Waals surface area contributed by atoms with Gasteiger partial charge in [0.2, 0.25) is 11.8 Å². The molecule has 1 aliphatic heterocycles. The molecular formula is C12H19N3O3. The Balaban J connectivity index is 2.08. The summed E-state index contributed by atoms with van der Waals surface area (Å²) in [4.78, 5) is 12.9. The summed E-state index contributed by atoms with van der Waals surface area (Å²) >= 11 is 0. The number of nitrogens with zero attached hydrogens (tertiary/aromatic N) is 3. The zero-order valence-electron chi connectivity index (χ0n) is 11.0. The molecule has 0 aromatic carbocycles. The molecule has 0 unspecified atom stereocenters. The minimum Gasteiger partial charge on any atom is -0.481 e. The summed E-state index contributed by atoms with van der Waals surface area (Å²) in [5, 5.41) is 17.1. The molecule has 100 valence electrons. The fraction of sp³-hybridized carbons (Fsp3) is 0.750. The van der Waals surface area contributed by atoms with Crippen molar-refractivity contribution in [1.82, 2.24) is 15.1 Å². The quantitative estimate of drug-likeness (QED) is 0.882. The number of carboxylic acid groups (broad SMARTS) is 1. The van der Waals surface area contributed by atoms with Crippen LogP contribution in [-0.4, -0.2) is 39.8 Å². The minimum absolute atomic E-state index is 0.0422. The normalized spacial score (nSPS) is 25.6. The molecule has 0 spiro atoms. The van der Waals surface area contributed by atoms with Crippen molar-refractivity contribution in [3.63, 3.8) is 0 Å². The number of hydrogen-bond donors (Lipinski definition) is 1. The number of rotatable bonds is 3. The van der Waals surface area contributed by atoms with E-state index >= 15 is 0 Å². The lowest BCUT2D eigenvalue weighted by Crippen LogP contribution is -2.38. The topological polar surface area (TPSA) is 79.5 Å². The second kappa shape index (κ2) is 5.06. The molecule has 1 aromatic rings. The van der Waals surface area contributed by atoms with Gasteiger partial charge in [0.25, 0.3) is 0 Å². The molecule has 1 aromatic heterocycles. The third-order valence-electron chi connectivity index (χ3n) is 3.41. The Bertz CT molecular complexity index is 430. The maximum absolute atomic E-state index is 11.0. The lowest BCUT2D eigenvalue weighted by atomic mass is 9.93. The monoisotopic (exact) mass is 253 g/mol. The number of likely N-dealkylation sites (tertiary alicyclic amines) is 1. The predicted octanol–water partition coefficient (Wildman–Crippen LogP) is 1.66. The van der Waals surface area contributed by atoms with Crippen LogP contribution in [0.1, 0.15) is 50.4 Å². The van der Waals surface area contributed by atoms with Crippen LogP contribution >= 0.6 is 0 Å². The first-order chi connectivity index (χ1) is 8.49. The summed E-state index contributed by atoms with van der Waals surface area (Å²) in [5.74, 6) is 0.433. The van der Waals surface area contributed by atoms with Crippen LogP contribution in [0, 0.1) is 5.92 Å². The van der Waals surface area contributed by atoms with E-state index in [0.29, 0.717) is 24.7 Å². The molecule has 1 saturated heterocycles. The van der Waals surface area contributed by atoms with E-state index in [1.807, 2.05) is 25.8 Å². The molecule has 1 aliphatic rings. The molecule has 0 amide bonds. The van der Waals surface area contributed by atoms with E-state index < -0.39 is 5.97 Å². The summed E-state index contributed by atoms with van der Waals surface area (Å²) in [5.41, 5.74) is 0. The summed E-state index contributed by atoms with van der Waals surface area (Å²) < 4.78 is 5.64. The maximum Gasteiger partial charge on any atom is 0.307 e. The Morgan fingerprint density at radius 3 is 2.67 bits per heavy atom. The van der Waals surface area contributed by atoms with E-state index in [1.54, 1.807) is 0 Å². The van der Waals surface area contributed by atoms with E-state index in [1.165, 1.54) is 0 Å². The van der Waals surface area contributed by atoms with Gasteiger partial charge < -0.3 is 9.52 Å². The maximum atomic E-state index is 11.0. The van der Waals surface area contributed by atoms with E-state index in [0.717, 1.165) is 6.42 Å². The molecule has 18 heavy (non-hydrogen) atoms. The second-order valence-corrected chi connectivity index (χ2v) is 5.20. The van der Waals surface area contributed by atoms with Gasteiger partial charge in [0.05, 0.1) is 12.0 Å². The molecule has 2 atom stereocenters. The summed E-state index contributed by atoms with van der Waals surface area (Å²) in [6.45, 7) is 4.53. The summed E-state index contributed by atoms with van der Waals surface area (Å²) in [7, 11) is 1.90. The van der Waals surface area contributed by atoms with Crippen LogP contribution in [0.2, 0.25) is 0 Å². The van der Waals surface area contributed by atoms with Gasteiger partial charge in [-0.15, -0.1) is 10.2 Å². The van der Waals surface area contributed by atoms with E-state index in [9.17, 15) is 4.79 Å². The standard InChI is InChI=1S/C12H19N3O3/c1-7(2)10-13-14-11(18-10)9-5-4-8(12(16)17)6-15(9)3/h7-9H,4-6H2,1-3H3,(H,16,17)/t8-,9+/m1/s1. The Hall–Kier alpha value is -1.43. The van der Waals surface area contributed by atoms with Gasteiger partial charge in [0, 0.05) is 12.5 Å². The molecule has 0 saturated carbocycles. The molecule has 0 aliphatic carbocycles. The number of aliphatic carboxylic acids is 1. The molecule has 0 radical (unpaired) electrons. The zero-order chi connectivity index (χ0) is 13.3. The molecular weight excluding hydrogens is 234 g/mol. The highest BCUT2D eigenvalue weighted by Crippen LogP contribution is 2.32. The van der Waals surface area contributed by atoms with Gasteiger partial charge in [-0.05, 0) is 19.9 Å². The second-order valence-electron chi connectivity index (χ2n) is 5.20. The molecule has 2 heterocycles. The van der Waals surface area contributed by atoms with Crippen LogP contribution in [0.4, 0.5) is 0 Å². The number of piperidine rings is 1. The van der Waals surface area contributed by atoms with Crippen molar-refractivity contribution in [3.05, 3.63) is 11.8 Å². The van der Waals surface area contributed by atoms with Crippen molar-refractivity contribution < 1.29 is 14.3 Å². The first-order valence-corrected chi connectivity index (χ1v) is 6.25. The largest absolute Gasteiger partial charge is 0.481 e.